The number of hydrogen-bond acceptors (Lipinski definition) is 3. The van der Waals surface area contributed by atoms with Crippen molar-refractivity contribution in [2.75, 3.05) is 5.73 Å². The summed E-state index contributed by atoms with van der Waals surface area (Å²) in [7, 11) is 1.86. The number of nitrogens with two attached hydrogens (primary N) is 1. The van der Waals surface area contributed by atoms with Gasteiger partial charge in [-0.05, 0) is 43.4 Å². The molecule has 0 atom stereocenters. The first kappa shape index (κ1) is 14.4. The molecule has 1 aromatic carbocycles. The maximum atomic E-state index is 6.18. The number of nitrogens with zero attached hydrogens (tertiary/aromatic N) is 2. The molecule has 0 aliphatic rings. The predicted octanol–water partition coefficient (Wildman–Crippen LogP) is 3.84. The van der Waals surface area contributed by atoms with Crippen LogP contribution >= 0.6 is 0 Å². The van der Waals surface area contributed by atoms with Crippen LogP contribution in [-0.2, 0) is 7.05 Å². The first-order valence-corrected chi connectivity index (χ1v) is 6.90. The van der Waals surface area contributed by atoms with E-state index >= 15 is 0 Å². The molecule has 2 N–H and O–H groups in total. The zero-order valence-electron chi connectivity index (χ0n) is 13.1. The van der Waals surface area contributed by atoms with Crippen LogP contribution in [0.4, 0.5) is 5.69 Å². The minimum Gasteiger partial charge on any atom is -0.437 e. The fourth-order valence-corrected chi connectivity index (χ4v) is 2.27. The molecule has 0 radical (unpaired) electrons. The summed E-state index contributed by atoms with van der Waals surface area (Å²) >= 11 is 0. The van der Waals surface area contributed by atoms with Gasteiger partial charge in [0.05, 0.1) is 5.69 Å². The minimum atomic E-state index is 0.276. The van der Waals surface area contributed by atoms with Crippen molar-refractivity contribution in [2.24, 2.45) is 7.05 Å². The highest BCUT2D eigenvalue weighted by atomic mass is 16.5. The highest BCUT2D eigenvalue weighted by molar-refractivity contribution is 5.57. The molecule has 1 aromatic heterocycles. The molecule has 4 nitrogen and oxygen atoms in total. The topological polar surface area (TPSA) is 53.1 Å². The van der Waals surface area contributed by atoms with Crippen LogP contribution in [0.25, 0.3) is 0 Å². The maximum Gasteiger partial charge on any atom is 0.241 e. The molecule has 108 valence electrons. The molecule has 0 fully saturated rings. The summed E-state index contributed by atoms with van der Waals surface area (Å²) in [4.78, 5) is 0. The largest absolute Gasteiger partial charge is 0.437 e. The zero-order valence-corrected chi connectivity index (χ0v) is 13.1. The Labute approximate surface area is 120 Å². The van der Waals surface area contributed by atoms with Crippen molar-refractivity contribution in [1.29, 1.82) is 0 Å². The second-order valence-electron chi connectivity index (χ2n) is 5.64. The van der Waals surface area contributed by atoms with Crippen LogP contribution in [0.3, 0.4) is 0 Å². The standard InChI is InChI=1S/C16H23N3O/c1-9(2)14-13(17)16(19(6)18-14)20-15-11(4)8-7-10(3)12(15)5/h7-9H,17H2,1-6H3. The van der Waals surface area contributed by atoms with Crippen LogP contribution in [-0.4, -0.2) is 9.78 Å². The Kier molecular flexibility index (Phi) is 3.75. The number of aromatic nitrogens is 2. The molecular weight excluding hydrogens is 250 g/mol. The predicted molar refractivity (Wildman–Crippen MR) is 82.4 cm³/mol. The first-order chi connectivity index (χ1) is 9.32. The van der Waals surface area contributed by atoms with E-state index in [9.17, 15) is 0 Å². The van der Waals surface area contributed by atoms with Gasteiger partial charge in [0.25, 0.3) is 0 Å². The lowest BCUT2D eigenvalue weighted by Gasteiger charge is -2.14. The molecule has 2 rings (SSSR count). The Hall–Kier alpha value is -1.97. The quantitative estimate of drug-likeness (QED) is 0.924. The molecular formula is C16H23N3O. The Morgan fingerprint density at radius 3 is 2.30 bits per heavy atom. The number of anilines is 1. The molecule has 0 spiro atoms. The summed E-state index contributed by atoms with van der Waals surface area (Å²) in [5.74, 6) is 1.76. The average Bonchev–Trinajstić information content (AvgIpc) is 2.66. The van der Waals surface area contributed by atoms with Crippen molar-refractivity contribution < 1.29 is 4.74 Å². The van der Waals surface area contributed by atoms with Crippen LogP contribution in [0.1, 0.15) is 42.1 Å². The van der Waals surface area contributed by atoms with Crippen molar-refractivity contribution in [3.63, 3.8) is 0 Å². The second kappa shape index (κ2) is 5.19. The third-order valence-corrected chi connectivity index (χ3v) is 3.68. The van der Waals surface area contributed by atoms with Gasteiger partial charge in [0.2, 0.25) is 5.88 Å². The smallest absolute Gasteiger partial charge is 0.241 e. The van der Waals surface area contributed by atoms with Crippen molar-refractivity contribution in [2.45, 2.75) is 40.5 Å². The van der Waals surface area contributed by atoms with Gasteiger partial charge in [-0.15, -0.1) is 0 Å². The van der Waals surface area contributed by atoms with Gasteiger partial charge < -0.3 is 10.5 Å². The van der Waals surface area contributed by atoms with Gasteiger partial charge in [-0.1, -0.05) is 26.0 Å². The van der Waals surface area contributed by atoms with E-state index in [0.29, 0.717) is 11.6 Å². The molecule has 0 aliphatic heterocycles. The van der Waals surface area contributed by atoms with Gasteiger partial charge in [0.15, 0.2) is 0 Å². The zero-order chi connectivity index (χ0) is 15.0. The third kappa shape index (κ3) is 2.38. The van der Waals surface area contributed by atoms with Crippen molar-refractivity contribution in [1.82, 2.24) is 9.78 Å². The summed E-state index contributed by atoms with van der Waals surface area (Å²) in [5.41, 5.74) is 11.1. The van der Waals surface area contributed by atoms with E-state index in [-0.39, 0.29) is 5.92 Å². The molecule has 0 saturated carbocycles. The van der Waals surface area contributed by atoms with Crippen molar-refractivity contribution in [3.8, 4) is 11.6 Å². The lowest BCUT2D eigenvalue weighted by atomic mass is 10.1. The van der Waals surface area contributed by atoms with Gasteiger partial charge in [0, 0.05) is 7.05 Å². The highest BCUT2D eigenvalue weighted by Crippen LogP contribution is 2.36. The Morgan fingerprint density at radius 2 is 1.75 bits per heavy atom. The molecule has 20 heavy (non-hydrogen) atoms. The number of aryl methyl sites for hydroxylation is 3. The lowest BCUT2D eigenvalue weighted by Crippen LogP contribution is -2.00. The SMILES string of the molecule is Cc1ccc(C)c(Oc2c(N)c(C(C)C)nn2C)c1C. The molecule has 0 unspecified atom stereocenters. The van der Waals surface area contributed by atoms with Gasteiger partial charge >= 0.3 is 0 Å². The van der Waals surface area contributed by atoms with E-state index in [0.717, 1.165) is 22.6 Å². The van der Waals surface area contributed by atoms with Crippen molar-refractivity contribution in [3.05, 3.63) is 34.5 Å². The maximum absolute atomic E-state index is 6.18. The number of benzene rings is 1. The van der Waals surface area contributed by atoms with Crippen LogP contribution in [0.5, 0.6) is 11.6 Å². The summed E-state index contributed by atoms with van der Waals surface area (Å²) in [6.07, 6.45) is 0. The summed E-state index contributed by atoms with van der Waals surface area (Å²) in [6, 6.07) is 4.16. The van der Waals surface area contributed by atoms with Crippen LogP contribution < -0.4 is 10.5 Å². The van der Waals surface area contributed by atoms with Gasteiger partial charge in [0.1, 0.15) is 11.4 Å². The first-order valence-electron chi connectivity index (χ1n) is 6.90. The molecule has 4 heteroatoms. The highest BCUT2D eigenvalue weighted by Gasteiger charge is 2.19. The van der Waals surface area contributed by atoms with Crippen LogP contribution in [0.15, 0.2) is 12.1 Å². The third-order valence-electron chi connectivity index (χ3n) is 3.68. The second-order valence-corrected chi connectivity index (χ2v) is 5.64. The molecule has 1 heterocycles. The number of ether oxygens (including phenoxy) is 1. The minimum absolute atomic E-state index is 0.276. The van der Waals surface area contributed by atoms with Gasteiger partial charge in [-0.2, -0.15) is 5.10 Å². The van der Waals surface area contributed by atoms with E-state index in [1.165, 1.54) is 5.56 Å². The van der Waals surface area contributed by atoms with Gasteiger partial charge in [-0.3, -0.25) is 0 Å². The molecule has 0 saturated heterocycles. The molecule has 0 aliphatic carbocycles. The molecule has 0 amide bonds. The lowest BCUT2D eigenvalue weighted by molar-refractivity contribution is 0.426. The normalized spacial score (nSPS) is 11.2. The Bertz CT molecular complexity index is 642. The van der Waals surface area contributed by atoms with E-state index in [1.54, 1.807) is 4.68 Å². The van der Waals surface area contributed by atoms with E-state index in [2.05, 4.69) is 44.9 Å². The average molecular weight is 273 g/mol. The summed E-state index contributed by atoms with van der Waals surface area (Å²) < 4.78 is 7.80. The summed E-state index contributed by atoms with van der Waals surface area (Å²) in [6.45, 7) is 10.3. The van der Waals surface area contributed by atoms with Crippen LogP contribution in [0.2, 0.25) is 0 Å². The molecule has 0 bridgehead atoms. The van der Waals surface area contributed by atoms with E-state index in [1.807, 2.05) is 14.0 Å². The fraction of sp³-hybridized carbons (Fsp3) is 0.438. The monoisotopic (exact) mass is 273 g/mol. The summed E-state index contributed by atoms with van der Waals surface area (Å²) in [5, 5.41) is 4.45. The Balaban J connectivity index is 2.48. The molecule has 2 aromatic rings. The number of hydrogen-bond donors (Lipinski definition) is 1. The fourth-order valence-electron chi connectivity index (χ4n) is 2.27. The van der Waals surface area contributed by atoms with Gasteiger partial charge in [-0.25, -0.2) is 4.68 Å². The van der Waals surface area contributed by atoms with Crippen LogP contribution in [0, 0.1) is 20.8 Å². The van der Waals surface area contributed by atoms with E-state index in [4.69, 9.17) is 10.5 Å². The number of nitrogen functional groups attached to an aromatic ring is 1. The Morgan fingerprint density at radius 1 is 1.15 bits per heavy atom. The number of rotatable bonds is 3. The van der Waals surface area contributed by atoms with E-state index < -0.39 is 0 Å². The van der Waals surface area contributed by atoms with Crippen molar-refractivity contribution >= 4 is 5.69 Å².